The molecule has 0 saturated carbocycles. The van der Waals surface area contributed by atoms with Crippen LogP contribution >= 0.6 is 0 Å². The van der Waals surface area contributed by atoms with Crippen LogP contribution in [0.15, 0.2) is 22.6 Å². The van der Waals surface area contributed by atoms with Crippen molar-refractivity contribution in [1.29, 1.82) is 0 Å². The van der Waals surface area contributed by atoms with Gasteiger partial charge in [0.15, 0.2) is 0 Å². The zero-order valence-electron chi connectivity index (χ0n) is 16.0. The summed E-state index contributed by atoms with van der Waals surface area (Å²) in [6, 6.07) is 2.64. The third-order valence-corrected chi connectivity index (χ3v) is 5.22. The van der Waals surface area contributed by atoms with Gasteiger partial charge in [-0.1, -0.05) is 0 Å². The van der Waals surface area contributed by atoms with Crippen LogP contribution in [0.2, 0.25) is 0 Å². The summed E-state index contributed by atoms with van der Waals surface area (Å²) < 4.78 is 85.3. The largest absolute Gasteiger partial charge is 0.449 e. The number of hydrogen-bond donors (Lipinski definition) is 2. The van der Waals surface area contributed by atoms with Gasteiger partial charge >= 0.3 is 6.18 Å². The minimum atomic E-state index is -4.66. The van der Waals surface area contributed by atoms with Crippen LogP contribution in [0.1, 0.15) is 16.1 Å². The average Bonchev–Trinajstić information content (AvgIpc) is 3.04. The second-order valence-electron chi connectivity index (χ2n) is 7.39. The normalized spacial score (nSPS) is 22.9. The van der Waals surface area contributed by atoms with Crippen molar-refractivity contribution in [2.24, 2.45) is 0 Å². The molecule has 1 unspecified atom stereocenters. The van der Waals surface area contributed by atoms with Gasteiger partial charge in [-0.3, -0.25) is 4.79 Å². The van der Waals surface area contributed by atoms with E-state index in [1.165, 1.54) is 0 Å². The molecule has 2 N–H and O–H groups in total. The number of rotatable bonds is 4. The first-order valence-electron chi connectivity index (χ1n) is 9.49. The topological polar surface area (TPSA) is 84.2 Å². The van der Waals surface area contributed by atoms with Gasteiger partial charge in [0.1, 0.15) is 17.8 Å². The van der Waals surface area contributed by atoms with E-state index >= 15 is 0 Å². The first-order valence-corrected chi connectivity index (χ1v) is 9.49. The highest BCUT2D eigenvalue weighted by Crippen LogP contribution is 2.40. The highest BCUT2D eigenvalue weighted by atomic mass is 19.4. The molecule has 2 atom stereocenters. The van der Waals surface area contributed by atoms with Gasteiger partial charge in [0, 0.05) is 18.5 Å². The molecule has 1 aromatic heterocycles. The van der Waals surface area contributed by atoms with E-state index in [1.807, 2.05) is 0 Å². The number of carbonyl (C=O) groups is 1. The molecule has 170 valence electrons. The summed E-state index contributed by atoms with van der Waals surface area (Å²) in [4.78, 5) is 13.5. The summed E-state index contributed by atoms with van der Waals surface area (Å²) in [5.74, 6) is -4.49. The lowest BCUT2D eigenvalue weighted by atomic mass is 10.1. The van der Waals surface area contributed by atoms with Crippen LogP contribution in [0.5, 0.6) is 0 Å². The molecule has 0 radical (unpaired) electrons. The van der Waals surface area contributed by atoms with E-state index < -0.39 is 48.9 Å². The molecule has 3 heterocycles. The van der Waals surface area contributed by atoms with Crippen molar-refractivity contribution in [1.82, 2.24) is 5.32 Å². The summed E-state index contributed by atoms with van der Waals surface area (Å²) in [5.41, 5.74) is -1.13. The Bertz CT molecular complexity index is 968. The fourth-order valence-electron chi connectivity index (χ4n) is 3.63. The van der Waals surface area contributed by atoms with E-state index in [0.29, 0.717) is 0 Å². The molecule has 4 rings (SSSR count). The van der Waals surface area contributed by atoms with Crippen LogP contribution in [0.3, 0.4) is 0 Å². The van der Waals surface area contributed by atoms with Crippen molar-refractivity contribution in [3.05, 3.63) is 29.5 Å². The smallest absolute Gasteiger partial charge is 0.416 e. The van der Waals surface area contributed by atoms with Crippen LogP contribution in [0.25, 0.3) is 11.0 Å². The zero-order chi connectivity index (χ0) is 22.4. The number of hydrogen-bond acceptors (Lipinski definition) is 6. The second-order valence-corrected chi connectivity index (χ2v) is 7.39. The fourth-order valence-corrected chi connectivity index (χ4v) is 3.63. The van der Waals surface area contributed by atoms with E-state index in [1.54, 1.807) is 0 Å². The van der Waals surface area contributed by atoms with Gasteiger partial charge in [-0.05, 0) is 18.2 Å². The molecule has 1 aromatic carbocycles. The number of aliphatic hydroxyl groups excluding tert-OH is 1. The third-order valence-electron chi connectivity index (χ3n) is 5.22. The lowest BCUT2D eigenvalue weighted by Crippen LogP contribution is -2.52. The Morgan fingerprint density at radius 3 is 2.58 bits per heavy atom. The number of halogens is 5. The number of amides is 1. The molecule has 0 bridgehead atoms. The Hall–Kier alpha value is -2.44. The minimum Gasteiger partial charge on any atom is -0.449 e. The van der Waals surface area contributed by atoms with Gasteiger partial charge in [0.25, 0.3) is 11.8 Å². The number of anilines is 1. The lowest BCUT2D eigenvalue weighted by molar-refractivity contribution is -0.216. The van der Waals surface area contributed by atoms with Crippen LogP contribution in [-0.4, -0.2) is 68.6 Å². The van der Waals surface area contributed by atoms with Gasteiger partial charge in [-0.15, -0.1) is 0 Å². The number of ether oxygens (including phenoxy) is 2. The van der Waals surface area contributed by atoms with Crippen LogP contribution < -0.4 is 10.2 Å². The second kappa shape index (κ2) is 7.92. The Kier molecular flexibility index (Phi) is 5.56. The molecule has 31 heavy (non-hydrogen) atoms. The van der Waals surface area contributed by atoms with Crippen LogP contribution in [0, 0.1) is 0 Å². The van der Waals surface area contributed by atoms with E-state index in [9.17, 15) is 26.7 Å². The van der Waals surface area contributed by atoms with Crippen molar-refractivity contribution < 1.29 is 45.7 Å². The zero-order valence-corrected chi connectivity index (χ0v) is 16.0. The third kappa shape index (κ3) is 4.19. The molecule has 0 aliphatic carbocycles. The highest BCUT2D eigenvalue weighted by Gasteiger charge is 2.46. The molecule has 2 aliphatic heterocycles. The minimum absolute atomic E-state index is 0.00578. The van der Waals surface area contributed by atoms with E-state index in [-0.39, 0.29) is 48.7 Å². The van der Waals surface area contributed by atoms with Crippen molar-refractivity contribution in [3.8, 4) is 0 Å². The Labute approximate surface area is 172 Å². The Balaban J connectivity index is 1.69. The number of benzene rings is 1. The number of alkyl halides is 5. The van der Waals surface area contributed by atoms with Crippen molar-refractivity contribution >= 4 is 22.6 Å². The summed E-state index contributed by atoms with van der Waals surface area (Å²) in [6.07, 6.45) is -6.97. The van der Waals surface area contributed by atoms with Crippen LogP contribution in [0.4, 0.5) is 27.6 Å². The summed E-state index contributed by atoms with van der Waals surface area (Å²) in [6.45, 7) is -2.06. The number of nitrogens with zero attached hydrogens (tertiary/aromatic N) is 1. The fraction of sp³-hybridized carbons (Fsp3) is 0.526. The molecule has 12 heteroatoms. The summed E-state index contributed by atoms with van der Waals surface area (Å²) in [5, 5.41) is 11.4. The number of fused-ring (bicyclic) bond motifs is 3. The maximum absolute atomic E-state index is 15.0. The van der Waals surface area contributed by atoms with Gasteiger partial charge in [0.05, 0.1) is 37.6 Å². The van der Waals surface area contributed by atoms with Crippen molar-refractivity contribution in [3.63, 3.8) is 0 Å². The SMILES string of the molecule is O=C1NCCN(CC(F)(F)C2CO[C@H](CO)CO2)c2c1oc1ccc(C(F)(F)F)cc21. The lowest BCUT2D eigenvalue weighted by Gasteiger charge is -2.36. The first kappa shape index (κ1) is 21.8. The first-order chi connectivity index (χ1) is 14.6. The summed E-state index contributed by atoms with van der Waals surface area (Å²) >= 11 is 0. The molecule has 1 fully saturated rings. The molecule has 2 aliphatic rings. The predicted molar refractivity (Wildman–Crippen MR) is 97.3 cm³/mol. The van der Waals surface area contributed by atoms with Gasteiger partial charge in [0.2, 0.25) is 5.76 Å². The quantitative estimate of drug-likeness (QED) is 0.697. The molecule has 2 aromatic rings. The number of carbonyl (C=O) groups excluding carboxylic acids is 1. The van der Waals surface area contributed by atoms with E-state index in [4.69, 9.17) is 19.0 Å². The Morgan fingerprint density at radius 1 is 1.16 bits per heavy atom. The maximum atomic E-state index is 15.0. The van der Waals surface area contributed by atoms with Gasteiger partial charge < -0.3 is 29.2 Å². The van der Waals surface area contributed by atoms with E-state index in [2.05, 4.69) is 5.32 Å². The Morgan fingerprint density at radius 2 is 1.94 bits per heavy atom. The standard InChI is InChI=1S/C19H19F5N2O5/c20-18(21,14-8-29-11(6-27)7-30-14)9-26-4-3-25-17(28)16-15(26)12-5-10(19(22,23)24)1-2-13(12)31-16/h1-2,5,11,14,27H,3-4,6-9H2,(H,25,28)/t11-,14?/m1/s1. The van der Waals surface area contributed by atoms with Crippen molar-refractivity contribution in [2.45, 2.75) is 24.3 Å². The van der Waals surface area contributed by atoms with Crippen molar-refractivity contribution in [2.75, 3.05) is 44.4 Å². The molecule has 1 amide bonds. The number of aliphatic hydroxyl groups is 1. The number of furan rings is 1. The van der Waals surface area contributed by atoms with E-state index in [0.717, 1.165) is 23.1 Å². The summed E-state index contributed by atoms with van der Waals surface area (Å²) in [7, 11) is 0. The highest BCUT2D eigenvalue weighted by molar-refractivity contribution is 6.07. The van der Waals surface area contributed by atoms with Crippen LogP contribution in [-0.2, 0) is 15.7 Å². The molecule has 0 spiro atoms. The van der Waals surface area contributed by atoms with Gasteiger partial charge in [-0.2, -0.15) is 13.2 Å². The van der Waals surface area contributed by atoms with Gasteiger partial charge in [-0.25, -0.2) is 8.78 Å². The molecular weight excluding hydrogens is 431 g/mol. The monoisotopic (exact) mass is 450 g/mol. The molecule has 1 saturated heterocycles. The molecule has 7 nitrogen and oxygen atoms in total. The average molecular weight is 450 g/mol. The maximum Gasteiger partial charge on any atom is 0.416 e. The molecular formula is C19H19F5N2O5. The number of nitrogens with one attached hydrogen (secondary N) is 1. The predicted octanol–water partition coefficient (Wildman–Crippen LogP) is 2.41.